The van der Waals surface area contributed by atoms with Gasteiger partial charge in [0.05, 0.1) is 11.4 Å². The van der Waals surface area contributed by atoms with Crippen LogP contribution in [-0.4, -0.2) is 33.8 Å². The Morgan fingerprint density at radius 3 is 2.48 bits per heavy atom. The third-order valence-corrected chi connectivity index (χ3v) is 7.10. The first-order valence-corrected chi connectivity index (χ1v) is 12.1. The van der Waals surface area contributed by atoms with Crippen molar-refractivity contribution < 1.29 is 19.1 Å². The van der Waals surface area contributed by atoms with Crippen molar-refractivity contribution in [3.63, 3.8) is 0 Å². The highest BCUT2D eigenvalue weighted by Crippen LogP contribution is 2.36. The molecule has 0 saturated carbocycles. The second-order valence-electron chi connectivity index (χ2n) is 7.88. The van der Waals surface area contributed by atoms with Crippen molar-refractivity contribution in [3.8, 4) is 17.2 Å². The normalized spacial score (nSPS) is 16.7. The standard InChI is InChI=1S/C25H21BrN2O4S/c1-15-11-18(16(2)28(15)20-7-8-21-22(13-20)32-10-9-31-21)12-23-24(29)27(25(30)33-23)14-17-3-5-19(26)6-4-17/h3-8,11-13H,9-10,14H2,1-2H3/b23-12-. The summed E-state index contributed by atoms with van der Waals surface area (Å²) in [5.74, 6) is 1.20. The molecule has 3 aromatic rings. The number of fused-ring (bicyclic) bond motifs is 1. The first-order valence-electron chi connectivity index (χ1n) is 10.5. The lowest BCUT2D eigenvalue weighted by Crippen LogP contribution is -2.27. The van der Waals surface area contributed by atoms with Gasteiger partial charge in [-0.1, -0.05) is 28.1 Å². The Morgan fingerprint density at radius 2 is 1.73 bits per heavy atom. The highest BCUT2D eigenvalue weighted by Gasteiger charge is 2.35. The van der Waals surface area contributed by atoms with Crippen LogP contribution < -0.4 is 9.47 Å². The Morgan fingerprint density at radius 1 is 1.00 bits per heavy atom. The minimum absolute atomic E-state index is 0.255. The van der Waals surface area contributed by atoms with Gasteiger partial charge >= 0.3 is 0 Å². The maximum atomic E-state index is 13.0. The highest BCUT2D eigenvalue weighted by molar-refractivity contribution is 9.10. The van der Waals surface area contributed by atoms with Gasteiger partial charge in [-0.3, -0.25) is 14.5 Å². The van der Waals surface area contributed by atoms with Crippen molar-refractivity contribution in [1.29, 1.82) is 0 Å². The van der Waals surface area contributed by atoms with E-state index in [1.54, 1.807) is 0 Å². The summed E-state index contributed by atoms with van der Waals surface area (Å²) in [6.45, 7) is 5.35. The van der Waals surface area contributed by atoms with Crippen LogP contribution in [-0.2, 0) is 11.3 Å². The van der Waals surface area contributed by atoms with Crippen LogP contribution in [0.4, 0.5) is 4.79 Å². The molecule has 0 N–H and O–H groups in total. The van der Waals surface area contributed by atoms with E-state index >= 15 is 0 Å². The topological polar surface area (TPSA) is 60.8 Å². The van der Waals surface area contributed by atoms with Gasteiger partial charge in [-0.25, -0.2) is 0 Å². The average molecular weight is 525 g/mol. The molecular formula is C25H21BrN2O4S. The zero-order valence-corrected chi connectivity index (χ0v) is 20.5. The summed E-state index contributed by atoms with van der Waals surface area (Å²) in [5.41, 5.74) is 4.75. The molecule has 33 heavy (non-hydrogen) atoms. The Hall–Kier alpha value is -2.97. The number of benzene rings is 2. The number of carbonyl (C=O) groups excluding carboxylic acids is 2. The third kappa shape index (κ3) is 4.20. The van der Waals surface area contributed by atoms with Crippen LogP contribution in [0.5, 0.6) is 11.5 Å². The average Bonchev–Trinajstić information content (AvgIpc) is 3.24. The molecule has 6 nitrogen and oxygen atoms in total. The van der Waals surface area contributed by atoms with E-state index in [0.717, 1.165) is 55.9 Å². The summed E-state index contributed by atoms with van der Waals surface area (Å²) in [6.07, 6.45) is 1.81. The summed E-state index contributed by atoms with van der Waals surface area (Å²) in [5, 5.41) is -0.255. The molecule has 5 rings (SSSR count). The van der Waals surface area contributed by atoms with Gasteiger partial charge in [-0.05, 0) is 73.1 Å². The number of hydrogen-bond acceptors (Lipinski definition) is 5. The van der Waals surface area contributed by atoms with E-state index < -0.39 is 0 Å². The number of hydrogen-bond donors (Lipinski definition) is 0. The Kier molecular flexibility index (Phi) is 5.80. The number of amides is 2. The molecule has 0 atom stereocenters. The zero-order chi connectivity index (χ0) is 23.1. The van der Waals surface area contributed by atoms with Crippen LogP contribution in [0.2, 0.25) is 0 Å². The van der Waals surface area contributed by atoms with E-state index in [4.69, 9.17) is 9.47 Å². The van der Waals surface area contributed by atoms with E-state index in [1.807, 2.05) is 68.5 Å². The van der Waals surface area contributed by atoms with Crippen molar-refractivity contribution in [2.75, 3.05) is 13.2 Å². The summed E-state index contributed by atoms with van der Waals surface area (Å²) < 4.78 is 14.4. The number of aromatic nitrogens is 1. The fourth-order valence-electron chi connectivity index (χ4n) is 4.05. The Bertz CT molecular complexity index is 1300. The summed E-state index contributed by atoms with van der Waals surface area (Å²) in [7, 11) is 0. The predicted octanol–water partition coefficient (Wildman–Crippen LogP) is 5.86. The summed E-state index contributed by atoms with van der Waals surface area (Å²) in [6, 6.07) is 15.5. The molecule has 2 amide bonds. The molecule has 1 fully saturated rings. The third-order valence-electron chi connectivity index (χ3n) is 5.67. The molecule has 1 aromatic heterocycles. The smallest absolute Gasteiger partial charge is 0.293 e. The molecule has 0 spiro atoms. The zero-order valence-electron chi connectivity index (χ0n) is 18.1. The maximum Gasteiger partial charge on any atom is 0.293 e. The van der Waals surface area contributed by atoms with E-state index in [0.29, 0.717) is 18.1 Å². The van der Waals surface area contributed by atoms with Gasteiger partial charge in [0.15, 0.2) is 11.5 Å². The van der Waals surface area contributed by atoms with Crippen molar-refractivity contribution >= 4 is 44.9 Å². The first-order chi connectivity index (χ1) is 15.9. The number of imide groups is 1. The predicted molar refractivity (Wildman–Crippen MR) is 132 cm³/mol. The van der Waals surface area contributed by atoms with Crippen molar-refractivity contribution in [3.05, 3.63) is 80.4 Å². The number of rotatable bonds is 4. The molecule has 2 aliphatic heterocycles. The van der Waals surface area contributed by atoms with E-state index in [9.17, 15) is 9.59 Å². The van der Waals surface area contributed by atoms with E-state index in [1.165, 1.54) is 4.90 Å². The fraction of sp³-hybridized carbons (Fsp3) is 0.200. The summed E-state index contributed by atoms with van der Waals surface area (Å²) >= 11 is 4.38. The van der Waals surface area contributed by atoms with E-state index in [-0.39, 0.29) is 17.7 Å². The number of thioether (sulfide) groups is 1. The van der Waals surface area contributed by atoms with Crippen LogP contribution in [0.3, 0.4) is 0 Å². The molecule has 0 unspecified atom stereocenters. The second kappa shape index (κ2) is 8.76. The van der Waals surface area contributed by atoms with Crippen molar-refractivity contribution in [2.45, 2.75) is 20.4 Å². The van der Waals surface area contributed by atoms with Crippen LogP contribution in [0.15, 0.2) is 57.9 Å². The number of nitrogens with zero attached hydrogens (tertiary/aromatic N) is 2. The van der Waals surface area contributed by atoms with Crippen molar-refractivity contribution in [2.24, 2.45) is 0 Å². The SMILES string of the molecule is Cc1cc(/C=C2\SC(=O)N(Cc3ccc(Br)cc3)C2=O)c(C)n1-c1ccc2c(c1)OCCO2. The maximum absolute atomic E-state index is 13.0. The number of ether oxygens (including phenoxy) is 2. The molecule has 0 aliphatic carbocycles. The van der Waals surface area contributed by atoms with Gasteiger partial charge in [0, 0.05) is 27.6 Å². The molecule has 3 heterocycles. The minimum Gasteiger partial charge on any atom is -0.486 e. The van der Waals surface area contributed by atoms with Gasteiger partial charge in [-0.15, -0.1) is 0 Å². The van der Waals surface area contributed by atoms with Gasteiger partial charge in [0.2, 0.25) is 0 Å². The first kappa shape index (κ1) is 21.9. The molecule has 2 aliphatic rings. The van der Waals surface area contributed by atoms with Crippen LogP contribution in [0.1, 0.15) is 22.5 Å². The van der Waals surface area contributed by atoms with Crippen LogP contribution in [0.25, 0.3) is 11.8 Å². The largest absolute Gasteiger partial charge is 0.486 e. The fourth-order valence-corrected chi connectivity index (χ4v) is 5.15. The monoisotopic (exact) mass is 524 g/mol. The molecule has 0 bridgehead atoms. The Labute approximate surface area is 204 Å². The van der Waals surface area contributed by atoms with E-state index in [2.05, 4.69) is 20.5 Å². The lowest BCUT2D eigenvalue weighted by atomic mass is 10.2. The quantitative estimate of drug-likeness (QED) is 0.399. The molecule has 168 valence electrons. The number of aryl methyl sites for hydroxylation is 1. The molecule has 2 aromatic carbocycles. The van der Waals surface area contributed by atoms with Crippen molar-refractivity contribution in [1.82, 2.24) is 9.47 Å². The Balaban J connectivity index is 1.42. The van der Waals surface area contributed by atoms with Crippen LogP contribution >= 0.6 is 27.7 Å². The minimum atomic E-state index is -0.267. The molecule has 8 heteroatoms. The number of halogens is 1. The summed E-state index contributed by atoms with van der Waals surface area (Å²) in [4.78, 5) is 27.3. The molecular weight excluding hydrogens is 504 g/mol. The lowest BCUT2D eigenvalue weighted by Gasteiger charge is -2.20. The lowest BCUT2D eigenvalue weighted by molar-refractivity contribution is -0.123. The number of carbonyl (C=O) groups is 2. The highest BCUT2D eigenvalue weighted by atomic mass is 79.9. The van der Waals surface area contributed by atoms with Gasteiger partial charge in [0.1, 0.15) is 13.2 Å². The molecule has 1 saturated heterocycles. The second-order valence-corrected chi connectivity index (χ2v) is 9.79. The van der Waals surface area contributed by atoms with Gasteiger partial charge < -0.3 is 14.0 Å². The van der Waals surface area contributed by atoms with Gasteiger partial charge in [-0.2, -0.15) is 0 Å². The van der Waals surface area contributed by atoms with Gasteiger partial charge in [0.25, 0.3) is 11.1 Å². The molecule has 0 radical (unpaired) electrons. The van der Waals surface area contributed by atoms with Crippen LogP contribution in [0, 0.1) is 13.8 Å².